The van der Waals surface area contributed by atoms with Gasteiger partial charge in [0.1, 0.15) is 6.04 Å². The number of aliphatic carboxylic acids is 1. The van der Waals surface area contributed by atoms with Crippen LogP contribution in [0.15, 0.2) is 0 Å². The highest BCUT2D eigenvalue weighted by molar-refractivity contribution is 5.87. The van der Waals surface area contributed by atoms with Gasteiger partial charge in [-0.1, -0.05) is 6.42 Å². The van der Waals surface area contributed by atoms with Gasteiger partial charge in [0.25, 0.3) is 0 Å². The number of carboxylic acid groups (broad SMARTS) is 1. The maximum atomic E-state index is 11.9. The van der Waals surface area contributed by atoms with E-state index in [1.54, 1.807) is 4.90 Å². The monoisotopic (exact) mass is 270 g/mol. The normalized spacial score (nSPS) is 18.4. The largest absolute Gasteiger partial charge is 0.481 e. The zero-order valence-electron chi connectivity index (χ0n) is 11.4. The number of amides is 2. The fourth-order valence-electron chi connectivity index (χ4n) is 2.32. The number of nitrogens with one attached hydrogen (secondary N) is 1. The first-order valence-electron chi connectivity index (χ1n) is 6.79. The molecule has 0 bridgehead atoms. The number of unbranched alkanes of at least 4 members (excludes halogenated alkanes) is 2. The Kier molecular flexibility index (Phi) is 6.32. The number of carbonyl (C=O) groups is 3. The van der Waals surface area contributed by atoms with Crippen LogP contribution in [-0.2, 0) is 14.4 Å². The molecule has 1 saturated heterocycles. The van der Waals surface area contributed by atoms with Crippen molar-refractivity contribution >= 4 is 17.8 Å². The maximum Gasteiger partial charge on any atom is 0.303 e. The molecule has 0 spiro atoms. The Hall–Kier alpha value is -1.59. The summed E-state index contributed by atoms with van der Waals surface area (Å²) in [6, 6.07) is -0.323. The van der Waals surface area contributed by atoms with Crippen molar-refractivity contribution in [1.82, 2.24) is 10.2 Å². The van der Waals surface area contributed by atoms with Crippen LogP contribution in [0.4, 0.5) is 0 Å². The minimum atomic E-state index is -0.785. The van der Waals surface area contributed by atoms with Crippen molar-refractivity contribution < 1.29 is 19.5 Å². The average molecular weight is 270 g/mol. The molecule has 0 aromatic carbocycles. The van der Waals surface area contributed by atoms with Crippen LogP contribution in [0.1, 0.15) is 45.4 Å². The van der Waals surface area contributed by atoms with Gasteiger partial charge in [-0.2, -0.15) is 0 Å². The molecule has 1 rings (SSSR count). The summed E-state index contributed by atoms with van der Waals surface area (Å²) in [5.41, 5.74) is 0. The van der Waals surface area contributed by atoms with Gasteiger partial charge in [0.2, 0.25) is 11.8 Å². The second-order valence-corrected chi connectivity index (χ2v) is 4.87. The molecule has 0 unspecified atom stereocenters. The predicted octanol–water partition coefficient (Wildman–Crippen LogP) is 0.758. The molecule has 0 aliphatic carbocycles. The van der Waals surface area contributed by atoms with Crippen LogP contribution in [0.5, 0.6) is 0 Å². The lowest BCUT2D eigenvalue weighted by molar-refractivity contribution is -0.137. The predicted molar refractivity (Wildman–Crippen MR) is 69.5 cm³/mol. The van der Waals surface area contributed by atoms with Crippen molar-refractivity contribution in [3.63, 3.8) is 0 Å². The average Bonchev–Trinajstić information content (AvgIpc) is 2.82. The number of carboxylic acids is 1. The molecule has 0 radical (unpaired) electrons. The number of hydrogen-bond donors (Lipinski definition) is 2. The molecule has 2 N–H and O–H groups in total. The molecule has 6 nitrogen and oxygen atoms in total. The van der Waals surface area contributed by atoms with Crippen LogP contribution in [-0.4, -0.2) is 46.9 Å². The van der Waals surface area contributed by atoms with E-state index in [4.69, 9.17) is 5.11 Å². The third-order valence-corrected chi connectivity index (χ3v) is 3.33. The van der Waals surface area contributed by atoms with Crippen LogP contribution < -0.4 is 5.32 Å². The van der Waals surface area contributed by atoms with Gasteiger partial charge < -0.3 is 15.3 Å². The number of hydrogen-bond acceptors (Lipinski definition) is 3. The third kappa shape index (κ3) is 5.28. The summed E-state index contributed by atoms with van der Waals surface area (Å²) in [6.07, 6.45) is 3.96. The molecule has 6 heteroatoms. The summed E-state index contributed by atoms with van der Waals surface area (Å²) in [5.74, 6) is -0.933. The van der Waals surface area contributed by atoms with Crippen molar-refractivity contribution in [2.24, 2.45) is 0 Å². The molecule has 1 atom stereocenters. The van der Waals surface area contributed by atoms with Crippen molar-refractivity contribution in [3.05, 3.63) is 0 Å². The number of nitrogens with zero attached hydrogens (tertiary/aromatic N) is 1. The molecule has 19 heavy (non-hydrogen) atoms. The Bertz CT molecular complexity index is 344. The third-order valence-electron chi connectivity index (χ3n) is 3.33. The van der Waals surface area contributed by atoms with Crippen LogP contribution in [0.25, 0.3) is 0 Å². The van der Waals surface area contributed by atoms with E-state index in [1.165, 1.54) is 6.92 Å². The minimum absolute atomic E-state index is 0.0564. The van der Waals surface area contributed by atoms with E-state index >= 15 is 0 Å². The van der Waals surface area contributed by atoms with E-state index in [1.807, 2.05) is 0 Å². The summed E-state index contributed by atoms with van der Waals surface area (Å²) >= 11 is 0. The Balaban J connectivity index is 2.17. The van der Waals surface area contributed by atoms with Crippen molar-refractivity contribution in [2.45, 2.75) is 51.5 Å². The molecule has 1 fully saturated rings. The molecule has 2 amide bonds. The lowest BCUT2D eigenvalue weighted by Crippen LogP contribution is -2.45. The molecule has 1 aliphatic heterocycles. The quantitative estimate of drug-likeness (QED) is 0.669. The topological polar surface area (TPSA) is 86.7 Å². The standard InChI is InChI=1S/C13H22N2O4/c1-10(16)15-9-5-6-11(15)13(19)14-8-4-2-3-7-12(17)18/h11H,2-9H2,1H3,(H,14,19)(H,17,18)/t11-/m1/s1. The molecule has 0 aromatic rings. The SMILES string of the molecule is CC(=O)N1CCC[C@@H]1C(=O)NCCCCCC(=O)O. The fourth-order valence-corrected chi connectivity index (χ4v) is 2.32. The molecular weight excluding hydrogens is 248 g/mol. The summed E-state index contributed by atoms with van der Waals surface area (Å²) in [4.78, 5) is 35.1. The summed E-state index contributed by atoms with van der Waals surface area (Å²) in [6.45, 7) is 2.68. The van der Waals surface area contributed by atoms with Gasteiger partial charge in [-0.25, -0.2) is 0 Å². The lowest BCUT2D eigenvalue weighted by Gasteiger charge is -2.22. The van der Waals surface area contributed by atoms with Crippen LogP contribution in [0.2, 0.25) is 0 Å². The molecule has 0 saturated carbocycles. The van der Waals surface area contributed by atoms with Gasteiger partial charge in [0, 0.05) is 26.4 Å². The minimum Gasteiger partial charge on any atom is -0.481 e. The fraction of sp³-hybridized carbons (Fsp3) is 0.769. The molecular formula is C13H22N2O4. The first-order chi connectivity index (χ1) is 9.02. The lowest BCUT2D eigenvalue weighted by atomic mass is 10.1. The van der Waals surface area contributed by atoms with E-state index in [-0.39, 0.29) is 24.3 Å². The number of likely N-dealkylation sites (tertiary alicyclic amines) is 1. The Labute approximate surface area is 113 Å². The Morgan fingerprint density at radius 3 is 2.63 bits per heavy atom. The number of carbonyl (C=O) groups excluding carboxylic acids is 2. The molecule has 108 valence electrons. The zero-order valence-corrected chi connectivity index (χ0v) is 11.4. The first kappa shape index (κ1) is 15.5. The summed E-state index contributed by atoms with van der Waals surface area (Å²) in [7, 11) is 0. The van der Waals surface area contributed by atoms with Crippen LogP contribution in [0, 0.1) is 0 Å². The smallest absolute Gasteiger partial charge is 0.303 e. The van der Waals surface area contributed by atoms with Crippen LogP contribution in [0.3, 0.4) is 0 Å². The summed E-state index contributed by atoms with van der Waals surface area (Å²) in [5, 5.41) is 11.3. The van der Waals surface area contributed by atoms with E-state index in [9.17, 15) is 14.4 Å². The summed E-state index contributed by atoms with van der Waals surface area (Å²) < 4.78 is 0. The van der Waals surface area contributed by atoms with Crippen molar-refractivity contribution in [3.8, 4) is 0 Å². The highest BCUT2D eigenvalue weighted by Gasteiger charge is 2.31. The van der Waals surface area contributed by atoms with Crippen molar-refractivity contribution in [1.29, 1.82) is 0 Å². The molecule has 1 aliphatic rings. The second-order valence-electron chi connectivity index (χ2n) is 4.87. The maximum absolute atomic E-state index is 11.9. The second kappa shape index (κ2) is 7.76. The molecule has 1 heterocycles. The highest BCUT2D eigenvalue weighted by Crippen LogP contribution is 2.17. The van der Waals surface area contributed by atoms with E-state index in [0.717, 1.165) is 25.7 Å². The Morgan fingerprint density at radius 2 is 2.00 bits per heavy atom. The number of rotatable bonds is 7. The first-order valence-corrected chi connectivity index (χ1v) is 6.79. The highest BCUT2D eigenvalue weighted by atomic mass is 16.4. The van der Waals surface area contributed by atoms with E-state index < -0.39 is 5.97 Å². The van der Waals surface area contributed by atoms with Gasteiger partial charge in [0.05, 0.1) is 0 Å². The van der Waals surface area contributed by atoms with Gasteiger partial charge in [-0.05, 0) is 25.7 Å². The van der Waals surface area contributed by atoms with Crippen LogP contribution >= 0.6 is 0 Å². The zero-order chi connectivity index (χ0) is 14.3. The van der Waals surface area contributed by atoms with E-state index in [2.05, 4.69) is 5.32 Å². The van der Waals surface area contributed by atoms with Gasteiger partial charge in [0.15, 0.2) is 0 Å². The van der Waals surface area contributed by atoms with Gasteiger partial charge in [-0.3, -0.25) is 14.4 Å². The van der Waals surface area contributed by atoms with Gasteiger partial charge in [-0.15, -0.1) is 0 Å². The van der Waals surface area contributed by atoms with Crippen molar-refractivity contribution in [2.75, 3.05) is 13.1 Å². The van der Waals surface area contributed by atoms with E-state index in [0.29, 0.717) is 19.5 Å². The van der Waals surface area contributed by atoms with Gasteiger partial charge >= 0.3 is 5.97 Å². The molecule has 0 aromatic heterocycles. The Morgan fingerprint density at radius 1 is 1.26 bits per heavy atom.